The Morgan fingerprint density at radius 3 is 2.79 bits per heavy atom. The number of likely N-dealkylation sites (tertiary alicyclic amines) is 1. The van der Waals surface area contributed by atoms with Gasteiger partial charge in [0.2, 0.25) is 5.91 Å². The van der Waals surface area contributed by atoms with Crippen LogP contribution in [0.5, 0.6) is 5.75 Å². The molecule has 8 nitrogen and oxygen atoms in total. The van der Waals surface area contributed by atoms with Crippen LogP contribution in [0.4, 0.5) is 5.69 Å². The average molecular weight is 386 g/mol. The van der Waals surface area contributed by atoms with Crippen LogP contribution >= 0.6 is 0 Å². The second kappa shape index (κ2) is 7.61. The highest BCUT2D eigenvalue weighted by atomic mass is 16.5. The van der Waals surface area contributed by atoms with E-state index < -0.39 is 18.5 Å². The molecular formula is C20H22N2O6. The molecule has 2 heterocycles. The molecule has 0 bridgehead atoms. The smallest absolute Gasteiger partial charge is 0.311 e. The Hall–Kier alpha value is -2.90. The second-order valence-electron chi connectivity index (χ2n) is 7.46. The van der Waals surface area contributed by atoms with Crippen molar-refractivity contribution in [3.63, 3.8) is 0 Å². The van der Waals surface area contributed by atoms with E-state index in [1.807, 2.05) is 0 Å². The SMILES string of the molecule is O=C1COc2ccc(C(=O)COC(=O)[C@@H]3CC(=O)N(C4CCCC4)C3)cc2N1. The lowest BCUT2D eigenvalue weighted by atomic mass is 10.1. The van der Waals surface area contributed by atoms with Crippen molar-refractivity contribution in [3.05, 3.63) is 23.8 Å². The molecule has 1 aromatic carbocycles. The molecule has 1 saturated carbocycles. The fraction of sp³-hybridized carbons (Fsp3) is 0.500. The van der Waals surface area contributed by atoms with Gasteiger partial charge < -0.3 is 19.7 Å². The number of hydrogen-bond acceptors (Lipinski definition) is 6. The zero-order valence-corrected chi connectivity index (χ0v) is 15.4. The molecule has 4 rings (SSSR count). The molecule has 0 unspecified atom stereocenters. The number of esters is 1. The summed E-state index contributed by atoms with van der Waals surface area (Å²) < 4.78 is 10.4. The number of ether oxygens (including phenoxy) is 2. The third kappa shape index (κ3) is 3.72. The van der Waals surface area contributed by atoms with Crippen LogP contribution in [0, 0.1) is 5.92 Å². The van der Waals surface area contributed by atoms with Gasteiger partial charge in [-0.1, -0.05) is 12.8 Å². The minimum atomic E-state index is -0.517. The number of hydrogen-bond donors (Lipinski definition) is 1. The van der Waals surface area contributed by atoms with Crippen molar-refractivity contribution in [2.75, 3.05) is 25.1 Å². The second-order valence-corrected chi connectivity index (χ2v) is 7.46. The van der Waals surface area contributed by atoms with Crippen LogP contribution in [-0.2, 0) is 19.1 Å². The van der Waals surface area contributed by atoms with Gasteiger partial charge >= 0.3 is 5.97 Å². The number of benzene rings is 1. The van der Waals surface area contributed by atoms with Gasteiger partial charge in [-0.3, -0.25) is 19.2 Å². The lowest BCUT2D eigenvalue weighted by Gasteiger charge is -2.23. The fourth-order valence-electron chi connectivity index (χ4n) is 4.05. The van der Waals surface area contributed by atoms with E-state index in [0.717, 1.165) is 25.7 Å². The molecule has 148 valence electrons. The van der Waals surface area contributed by atoms with Gasteiger partial charge in [-0.05, 0) is 31.0 Å². The lowest BCUT2D eigenvalue weighted by molar-refractivity contribution is -0.147. The van der Waals surface area contributed by atoms with Gasteiger partial charge in [0.05, 0.1) is 11.6 Å². The predicted molar refractivity (Wildman–Crippen MR) is 97.9 cm³/mol. The van der Waals surface area contributed by atoms with Crippen LogP contribution in [0.1, 0.15) is 42.5 Å². The Morgan fingerprint density at radius 2 is 2.00 bits per heavy atom. The maximum absolute atomic E-state index is 12.4. The van der Waals surface area contributed by atoms with Gasteiger partial charge in [0.25, 0.3) is 5.91 Å². The summed E-state index contributed by atoms with van der Waals surface area (Å²) in [7, 11) is 0. The van der Waals surface area contributed by atoms with Crippen molar-refractivity contribution in [2.24, 2.45) is 5.92 Å². The van der Waals surface area contributed by atoms with E-state index >= 15 is 0 Å². The molecule has 0 spiro atoms. The van der Waals surface area contributed by atoms with E-state index in [0.29, 0.717) is 23.5 Å². The van der Waals surface area contributed by atoms with Gasteiger partial charge in [-0.2, -0.15) is 0 Å². The van der Waals surface area contributed by atoms with Gasteiger partial charge in [0, 0.05) is 24.6 Å². The van der Waals surface area contributed by atoms with Crippen LogP contribution in [0.15, 0.2) is 18.2 Å². The number of fused-ring (bicyclic) bond motifs is 1. The van der Waals surface area contributed by atoms with Crippen molar-refractivity contribution in [1.82, 2.24) is 4.90 Å². The number of carbonyl (C=O) groups is 4. The monoisotopic (exact) mass is 386 g/mol. The van der Waals surface area contributed by atoms with E-state index in [2.05, 4.69) is 5.32 Å². The van der Waals surface area contributed by atoms with E-state index in [9.17, 15) is 19.2 Å². The number of amides is 2. The minimum absolute atomic E-state index is 0.00870. The standard InChI is InChI=1S/C20H22N2O6/c23-16(12-5-6-17-15(7-12)21-18(24)11-27-17)10-28-20(26)13-8-19(25)22(9-13)14-3-1-2-4-14/h5-7,13-14H,1-4,8-11H2,(H,21,24)/t13-/m1/s1. The van der Waals surface area contributed by atoms with E-state index in [1.54, 1.807) is 17.0 Å². The summed E-state index contributed by atoms with van der Waals surface area (Å²) in [5.74, 6) is -1.22. The van der Waals surface area contributed by atoms with Crippen molar-refractivity contribution in [2.45, 2.75) is 38.1 Å². The molecule has 2 aliphatic heterocycles. The first kappa shape index (κ1) is 18.5. The fourth-order valence-corrected chi connectivity index (χ4v) is 4.05. The molecule has 1 N–H and O–H groups in total. The van der Waals surface area contributed by atoms with Crippen molar-refractivity contribution < 1.29 is 28.7 Å². The molecule has 28 heavy (non-hydrogen) atoms. The van der Waals surface area contributed by atoms with Crippen molar-refractivity contribution in [1.29, 1.82) is 0 Å². The molecule has 8 heteroatoms. The molecule has 1 atom stereocenters. The van der Waals surface area contributed by atoms with Gasteiger partial charge in [0.15, 0.2) is 19.0 Å². The summed E-state index contributed by atoms with van der Waals surface area (Å²) in [4.78, 5) is 50.1. The van der Waals surface area contributed by atoms with Crippen LogP contribution in [0.25, 0.3) is 0 Å². The summed E-state index contributed by atoms with van der Waals surface area (Å²) in [5, 5.41) is 2.63. The Balaban J connectivity index is 1.32. The molecule has 1 aliphatic carbocycles. The first-order valence-electron chi connectivity index (χ1n) is 9.57. The van der Waals surface area contributed by atoms with E-state index in [-0.39, 0.29) is 36.7 Å². The Kier molecular flexibility index (Phi) is 5.02. The third-order valence-corrected chi connectivity index (χ3v) is 5.54. The highest BCUT2D eigenvalue weighted by Crippen LogP contribution is 2.30. The van der Waals surface area contributed by atoms with E-state index in [1.165, 1.54) is 6.07 Å². The molecule has 0 radical (unpaired) electrons. The van der Waals surface area contributed by atoms with Crippen LogP contribution < -0.4 is 10.1 Å². The lowest BCUT2D eigenvalue weighted by Crippen LogP contribution is -2.35. The molecule has 1 aromatic rings. The van der Waals surface area contributed by atoms with E-state index in [4.69, 9.17) is 9.47 Å². The molecule has 1 saturated heterocycles. The van der Waals surface area contributed by atoms with Gasteiger partial charge in [-0.15, -0.1) is 0 Å². The summed E-state index contributed by atoms with van der Waals surface area (Å²) in [6.07, 6.45) is 4.36. The largest absolute Gasteiger partial charge is 0.482 e. The van der Waals surface area contributed by atoms with Crippen LogP contribution in [0.3, 0.4) is 0 Å². The van der Waals surface area contributed by atoms with Crippen LogP contribution in [-0.4, -0.2) is 54.3 Å². The molecule has 0 aromatic heterocycles. The summed E-state index contributed by atoms with van der Waals surface area (Å²) in [6, 6.07) is 4.90. The average Bonchev–Trinajstić information content (AvgIpc) is 3.34. The first-order chi connectivity index (χ1) is 13.5. The maximum atomic E-state index is 12.4. The Morgan fingerprint density at radius 1 is 1.21 bits per heavy atom. The van der Waals surface area contributed by atoms with Crippen molar-refractivity contribution in [3.8, 4) is 5.75 Å². The number of carbonyl (C=O) groups excluding carboxylic acids is 4. The minimum Gasteiger partial charge on any atom is -0.482 e. The predicted octanol–water partition coefficient (Wildman–Crippen LogP) is 1.53. The van der Waals surface area contributed by atoms with Crippen molar-refractivity contribution >= 4 is 29.3 Å². The van der Waals surface area contributed by atoms with Gasteiger partial charge in [-0.25, -0.2) is 0 Å². The molecule has 2 amide bonds. The summed E-state index contributed by atoms with van der Waals surface area (Å²) in [5.41, 5.74) is 0.731. The number of nitrogens with one attached hydrogen (secondary N) is 1. The highest BCUT2D eigenvalue weighted by molar-refractivity contribution is 6.02. The topological polar surface area (TPSA) is 102 Å². The normalized spacial score (nSPS) is 21.9. The number of nitrogens with zero attached hydrogens (tertiary/aromatic N) is 1. The highest BCUT2D eigenvalue weighted by Gasteiger charge is 2.39. The quantitative estimate of drug-likeness (QED) is 0.608. The summed E-state index contributed by atoms with van der Waals surface area (Å²) in [6.45, 7) is -0.0881. The number of rotatable bonds is 5. The third-order valence-electron chi connectivity index (χ3n) is 5.54. The number of ketones is 1. The van der Waals surface area contributed by atoms with Crippen LogP contribution in [0.2, 0.25) is 0 Å². The first-order valence-corrected chi connectivity index (χ1v) is 9.57. The molecule has 2 fully saturated rings. The number of anilines is 1. The zero-order chi connectivity index (χ0) is 19.7. The van der Waals surface area contributed by atoms with Gasteiger partial charge in [0.1, 0.15) is 5.75 Å². The maximum Gasteiger partial charge on any atom is 0.311 e. The zero-order valence-electron chi connectivity index (χ0n) is 15.4. The molecular weight excluding hydrogens is 364 g/mol. The Bertz CT molecular complexity index is 830. The number of Topliss-reactive ketones (excluding diaryl/α,β-unsaturated/α-hetero) is 1. The summed E-state index contributed by atoms with van der Waals surface area (Å²) >= 11 is 0. The Labute approximate surface area is 162 Å². The molecule has 3 aliphatic rings.